The Labute approximate surface area is 145 Å². The van der Waals surface area contributed by atoms with Crippen LogP contribution in [0.3, 0.4) is 0 Å². The predicted molar refractivity (Wildman–Crippen MR) is 99.2 cm³/mol. The fraction of sp³-hybridized carbons (Fsp3) is 0.500. The van der Waals surface area contributed by atoms with E-state index in [1.165, 1.54) is 5.56 Å². The zero-order chi connectivity index (χ0) is 18.1. The van der Waals surface area contributed by atoms with Crippen molar-refractivity contribution in [3.8, 4) is 5.75 Å². The fourth-order valence-electron chi connectivity index (χ4n) is 3.42. The third-order valence-corrected chi connectivity index (χ3v) is 4.20. The summed E-state index contributed by atoms with van der Waals surface area (Å²) in [4.78, 5) is 1.61. The number of rotatable bonds is 5. The van der Waals surface area contributed by atoms with Gasteiger partial charge in [-0.25, -0.2) is 0 Å². The van der Waals surface area contributed by atoms with Gasteiger partial charge in [0, 0.05) is 5.56 Å². The molecule has 0 radical (unpaired) electrons. The minimum atomic E-state index is 0.0282. The summed E-state index contributed by atoms with van der Waals surface area (Å²) in [5.41, 5.74) is 3.94. The van der Waals surface area contributed by atoms with Crippen LogP contribution in [0.4, 0.5) is 0 Å². The maximum Gasteiger partial charge on any atom is 0.120 e. The number of aromatic hydroxyl groups is 1. The van der Waals surface area contributed by atoms with Gasteiger partial charge in [0.25, 0.3) is 0 Å². The molecule has 1 heterocycles. The molecule has 1 N–H and O–H groups in total. The Morgan fingerprint density at radius 2 is 1.83 bits per heavy atom. The van der Waals surface area contributed by atoms with E-state index in [-0.39, 0.29) is 16.6 Å². The summed E-state index contributed by atoms with van der Waals surface area (Å²) >= 11 is 0. The monoisotopic (exact) mass is 327 g/mol. The van der Waals surface area contributed by atoms with Crippen LogP contribution in [-0.2, 0) is 12.0 Å². The molecule has 1 aromatic heterocycles. The summed E-state index contributed by atoms with van der Waals surface area (Å²) in [6.45, 7) is 17.4. The van der Waals surface area contributed by atoms with Crippen LogP contribution < -0.4 is 0 Å². The van der Waals surface area contributed by atoms with Gasteiger partial charge < -0.3 is 5.11 Å². The highest BCUT2D eigenvalue weighted by atomic mass is 16.3. The molecular formula is C20H29N3O. The van der Waals surface area contributed by atoms with Gasteiger partial charge >= 0.3 is 0 Å². The molecule has 0 amide bonds. The molecule has 24 heavy (non-hydrogen) atoms. The van der Waals surface area contributed by atoms with Gasteiger partial charge in [-0.15, -0.1) is 0 Å². The van der Waals surface area contributed by atoms with Gasteiger partial charge in [0.2, 0.25) is 0 Å². The van der Waals surface area contributed by atoms with Gasteiger partial charge in [0.1, 0.15) is 11.4 Å². The number of nitrogens with zero attached hydrogens (tertiary/aromatic N) is 3. The second-order valence-corrected chi connectivity index (χ2v) is 8.37. The van der Waals surface area contributed by atoms with E-state index in [0.717, 1.165) is 23.4 Å². The normalized spacial score (nSPS) is 12.4. The number of aromatic nitrogens is 3. The van der Waals surface area contributed by atoms with Crippen LogP contribution in [0.1, 0.15) is 63.6 Å². The van der Waals surface area contributed by atoms with E-state index in [4.69, 9.17) is 0 Å². The SMILES string of the molecule is C=Cc1nn(Cc2cc(C(C)(C)CC(C)(C)C)ccc2O)nc1C. The zero-order valence-electron chi connectivity index (χ0n) is 15.7. The van der Waals surface area contributed by atoms with Gasteiger partial charge in [-0.3, -0.25) is 0 Å². The minimum Gasteiger partial charge on any atom is -0.508 e. The largest absolute Gasteiger partial charge is 0.508 e. The van der Waals surface area contributed by atoms with Crippen molar-refractivity contribution < 1.29 is 5.11 Å². The lowest BCUT2D eigenvalue weighted by Crippen LogP contribution is -2.25. The lowest BCUT2D eigenvalue weighted by Gasteiger charge is -2.33. The molecular weight excluding hydrogens is 298 g/mol. The van der Waals surface area contributed by atoms with Crippen LogP contribution in [0.2, 0.25) is 0 Å². The van der Waals surface area contributed by atoms with E-state index in [9.17, 15) is 5.11 Å². The molecule has 0 saturated carbocycles. The van der Waals surface area contributed by atoms with Crippen LogP contribution in [0, 0.1) is 12.3 Å². The van der Waals surface area contributed by atoms with Crippen molar-refractivity contribution in [3.63, 3.8) is 0 Å². The lowest BCUT2D eigenvalue weighted by atomic mass is 9.72. The number of hydrogen-bond donors (Lipinski definition) is 1. The number of aryl methyl sites for hydroxylation is 1. The maximum atomic E-state index is 10.2. The first-order valence-electron chi connectivity index (χ1n) is 8.38. The Morgan fingerprint density at radius 3 is 2.38 bits per heavy atom. The Hall–Kier alpha value is -2.10. The Bertz CT molecular complexity index is 736. The molecule has 0 fully saturated rings. The van der Waals surface area contributed by atoms with E-state index in [0.29, 0.717) is 6.54 Å². The van der Waals surface area contributed by atoms with Crippen LogP contribution in [0.15, 0.2) is 24.8 Å². The quantitative estimate of drug-likeness (QED) is 0.866. The number of phenolic OH excluding ortho intramolecular Hbond substituents is 1. The molecule has 1 aromatic carbocycles. The molecule has 0 atom stereocenters. The molecule has 0 bridgehead atoms. The number of benzene rings is 1. The van der Waals surface area contributed by atoms with Gasteiger partial charge in [-0.1, -0.05) is 47.3 Å². The summed E-state index contributed by atoms with van der Waals surface area (Å²) in [5, 5.41) is 19.0. The number of phenols is 1. The standard InChI is InChI=1S/C20H29N3O/c1-8-17-14(2)21-23(22-17)12-15-11-16(9-10-18(15)24)20(6,7)13-19(3,4)5/h8-11,24H,1,12-13H2,2-7H3. The first kappa shape index (κ1) is 18.2. The topological polar surface area (TPSA) is 50.9 Å². The molecule has 4 nitrogen and oxygen atoms in total. The highest BCUT2D eigenvalue weighted by Gasteiger charge is 2.27. The van der Waals surface area contributed by atoms with E-state index in [2.05, 4.69) is 57.5 Å². The molecule has 0 saturated heterocycles. The van der Waals surface area contributed by atoms with E-state index in [1.807, 2.05) is 13.0 Å². The first-order valence-corrected chi connectivity index (χ1v) is 8.38. The second-order valence-electron chi connectivity index (χ2n) is 8.37. The highest BCUT2D eigenvalue weighted by molar-refractivity contribution is 5.43. The molecule has 2 rings (SSSR count). The molecule has 0 aliphatic carbocycles. The summed E-state index contributed by atoms with van der Waals surface area (Å²) in [6.07, 6.45) is 2.76. The second kappa shape index (κ2) is 6.42. The van der Waals surface area contributed by atoms with Gasteiger partial charge in [-0.05, 0) is 47.9 Å². The van der Waals surface area contributed by atoms with Crippen molar-refractivity contribution >= 4 is 6.08 Å². The van der Waals surface area contributed by atoms with Crippen molar-refractivity contribution in [2.24, 2.45) is 5.41 Å². The minimum absolute atomic E-state index is 0.0282. The lowest BCUT2D eigenvalue weighted by molar-refractivity contribution is 0.284. The van der Waals surface area contributed by atoms with Crippen molar-refractivity contribution in [1.82, 2.24) is 15.0 Å². The van der Waals surface area contributed by atoms with Crippen molar-refractivity contribution in [3.05, 3.63) is 47.3 Å². The third kappa shape index (κ3) is 4.25. The van der Waals surface area contributed by atoms with Gasteiger partial charge in [0.15, 0.2) is 0 Å². The maximum absolute atomic E-state index is 10.2. The van der Waals surface area contributed by atoms with E-state index >= 15 is 0 Å². The summed E-state index contributed by atoms with van der Waals surface area (Å²) in [6, 6.07) is 5.87. The van der Waals surface area contributed by atoms with Crippen LogP contribution in [-0.4, -0.2) is 20.1 Å². The average molecular weight is 327 g/mol. The predicted octanol–water partition coefficient (Wildman–Crippen LogP) is 4.70. The highest BCUT2D eigenvalue weighted by Crippen LogP contribution is 2.37. The average Bonchev–Trinajstić information content (AvgIpc) is 2.78. The Kier molecular flexibility index (Phi) is 4.88. The molecule has 130 valence electrons. The van der Waals surface area contributed by atoms with Gasteiger partial charge in [0.05, 0.1) is 12.2 Å². The van der Waals surface area contributed by atoms with Gasteiger partial charge in [-0.2, -0.15) is 15.0 Å². The molecule has 2 aromatic rings. The zero-order valence-corrected chi connectivity index (χ0v) is 15.7. The summed E-state index contributed by atoms with van der Waals surface area (Å²) in [5.74, 6) is 0.278. The van der Waals surface area contributed by atoms with Crippen LogP contribution in [0.25, 0.3) is 6.08 Å². The molecule has 0 aliphatic rings. The summed E-state index contributed by atoms with van der Waals surface area (Å²) in [7, 11) is 0. The first-order chi connectivity index (χ1) is 11.0. The molecule has 0 aliphatic heterocycles. The van der Waals surface area contributed by atoms with Crippen molar-refractivity contribution in [1.29, 1.82) is 0 Å². The Balaban J connectivity index is 2.32. The smallest absolute Gasteiger partial charge is 0.120 e. The summed E-state index contributed by atoms with van der Waals surface area (Å²) < 4.78 is 0. The molecule has 4 heteroatoms. The van der Waals surface area contributed by atoms with Crippen LogP contribution >= 0.6 is 0 Å². The molecule has 0 unspecified atom stereocenters. The number of hydrogen-bond acceptors (Lipinski definition) is 3. The van der Waals surface area contributed by atoms with E-state index in [1.54, 1.807) is 16.9 Å². The van der Waals surface area contributed by atoms with Crippen LogP contribution in [0.5, 0.6) is 5.75 Å². The van der Waals surface area contributed by atoms with Crippen molar-refractivity contribution in [2.75, 3.05) is 0 Å². The third-order valence-electron chi connectivity index (χ3n) is 4.20. The fourth-order valence-corrected chi connectivity index (χ4v) is 3.42. The van der Waals surface area contributed by atoms with E-state index < -0.39 is 0 Å². The molecule has 0 spiro atoms. The Morgan fingerprint density at radius 1 is 1.17 bits per heavy atom. The van der Waals surface area contributed by atoms with Crippen molar-refractivity contribution in [2.45, 2.75) is 59.9 Å².